The first kappa shape index (κ1) is 12.8. The molecule has 0 spiro atoms. The number of rotatable bonds is 3. The molecule has 0 fully saturated rings. The number of aliphatic hydroxyl groups is 1. The zero-order valence-electron chi connectivity index (χ0n) is 11.4. The zero-order valence-corrected chi connectivity index (χ0v) is 11.4. The molecule has 18 heavy (non-hydrogen) atoms. The first-order valence-corrected chi connectivity index (χ1v) is 6.28. The highest BCUT2D eigenvalue weighted by atomic mass is 16.3. The van der Waals surface area contributed by atoms with E-state index in [0.717, 1.165) is 12.1 Å². The molecule has 3 heteroatoms. The largest absolute Gasteiger partial charge is 0.377 e. The molecule has 2 aromatic rings. The quantitative estimate of drug-likeness (QED) is 0.901. The average molecular weight is 244 g/mol. The van der Waals surface area contributed by atoms with Crippen LogP contribution in [0.5, 0.6) is 0 Å². The van der Waals surface area contributed by atoms with Gasteiger partial charge < -0.3 is 9.67 Å². The van der Waals surface area contributed by atoms with Crippen molar-refractivity contribution in [2.75, 3.05) is 0 Å². The van der Waals surface area contributed by atoms with Crippen LogP contribution in [0.2, 0.25) is 0 Å². The maximum atomic E-state index is 10.8. The van der Waals surface area contributed by atoms with Crippen molar-refractivity contribution >= 4 is 0 Å². The van der Waals surface area contributed by atoms with Gasteiger partial charge in [0.15, 0.2) is 0 Å². The first-order chi connectivity index (χ1) is 8.46. The van der Waals surface area contributed by atoms with Crippen molar-refractivity contribution in [3.63, 3.8) is 0 Å². The lowest BCUT2D eigenvalue weighted by atomic mass is 9.92. The number of imidazole rings is 1. The fourth-order valence-corrected chi connectivity index (χ4v) is 2.16. The van der Waals surface area contributed by atoms with Crippen LogP contribution >= 0.6 is 0 Å². The molecule has 0 aliphatic rings. The van der Waals surface area contributed by atoms with Gasteiger partial charge in [-0.2, -0.15) is 0 Å². The molecule has 0 radical (unpaired) electrons. The van der Waals surface area contributed by atoms with E-state index in [4.69, 9.17) is 0 Å². The molecule has 1 aromatic carbocycles. The number of benzene rings is 1. The van der Waals surface area contributed by atoms with E-state index in [1.807, 2.05) is 35.9 Å². The predicted molar refractivity (Wildman–Crippen MR) is 72.5 cm³/mol. The summed E-state index contributed by atoms with van der Waals surface area (Å²) >= 11 is 0. The van der Waals surface area contributed by atoms with E-state index in [9.17, 15) is 5.11 Å². The lowest BCUT2D eigenvalue weighted by Crippen LogP contribution is -2.27. The minimum atomic E-state index is -1.06. The van der Waals surface area contributed by atoms with Crippen LogP contribution in [0.4, 0.5) is 0 Å². The van der Waals surface area contributed by atoms with E-state index in [1.165, 1.54) is 11.1 Å². The van der Waals surface area contributed by atoms with Gasteiger partial charge >= 0.3 is 0 Å². The minimum absolute atomic E-state index is 0.688. The molecule has 0 bridgehead atoms. The van der Waals surface area contributed by atoms with Crippen molar-refractivity contribution in [1.82, 2.24) is 9.55 Å². The fourth-order valence-electron chi connectivity index (χ4n) is 2.16. The molecule has 0 saturated carbocycles. The third kappa shape index (κ3) is 2.06. The van der Waals surface area contributed by atoms with Crippen molar-refractivity contribution in [2.24, 2.45) is 0 Å². The van der Waals surface area contributed by atoms with Crippen molar-refractivity contribution in [2.45, 2.75) is 39.8 Å². The van der Waals surface area contributed by atoms with Crippen LogP contribution in [-0.4, -0.2) is 14.7 Å². The molecule has 0 saturated heterocycles. The maximum absolute atomic E-state index is 10.8. The Morgan fingerprint density at radius 1 is 1.28 bits per heavy atom. The lowest BCUT2D eigenvalue weighted by molar-refractivity contribution is 0.0881. The topological polar surface area (TPSA) is 38.0 Å². The molecular formula is C15H20N2O. The third-order valence-corrected chi connectivity index (χ3v) is 3.56. The maximum Gasteiger partial charge on any atom is 0.145 e. The van der Waals surface area contributed by atoms with Crippen LogP contribution in [0.1, 0.15) is 36.4 Å². The summed E-state index contributed by atoms with van der Waals surface area (Å²) in [6.45, 7) is 8.77. The Morgan fingerprint density at radius 3 is 2.61 bits per heavy atom. The Hall–Kier alpha value is -1.61. The van der Waals surface area contributed by atoms with Crippen molar-refractivity contribution in [3.8, 4) is 0 Å². The molecule has 1 heterocycles. The fraction of sp³-hybridized carbons (Fsp3) is 0.400. The van der Waals surface area contributed by atoms with Gasteiger partial charge in [0.05, 0.1) is 0 Å². The molecule has 1 unspecified atom stereocenters. The number of hydrogen-bond acceptors (Lipinski definition) is 2. The van der Waals surface area contributed by atoms with E-state index in [-0.39, 0.29) is 0 Å². The highest BCUT2D eigenvalue weighted by Gasteiger charge is 2.30. The third-order valence-electron chi connectivity index (χ3n) is 3.56. The Balaban J connectivity index is 2.50. The minimum Gasteiger partial charge on any atom is -0.377 e. The summed E-state index contributed by atoms with van der Waals surface area (Å²) in [6, 6.07) is 6.04. The molecule has 3 nitrogen and oxygen atoms in total. The van der Waals surface area contributed by atoms with Gasteiger partial charge in [-0.05, 0) is 44.4 Å². The van der Waals surface area contributed by atoms with Crippen LogP contribution in [0.15, 0.2) is 30.6 Å². The molecule has 1 N–H and O–H groups in total. The molecule has 0 amide bonds. The van der Waals surface area contributed by atoms with Gasteiger partial charge in [-0.15, -0.1) is 0 Å². The molecule has 96 valence electrons. The van der Waals surface area contributed by atoms with Crippen LogP contribution in [0, 0.1) is 13.8 Å². The Bertz CT molecular complexity index is 555. The Morgan fingerprint density at radius 2 is 2.00 bits per heavy atom. The number of nitrogens with zero attached hydrogens (tertiary/aromatic N) is 2. The van der Waals surface area contributed by atoms with Gasteiger partial charge in [0, 0.05) is 18.9 Å². The smallest absolute Gasteiger partial charge is 0.145 e. The molecule has 1 aromatic heterocycles. The first-order valence-electron chi connectivity index (χ1n) is 6.28. The van der Waals surface area contributed by atoms with Gasteiger partial charge in [-0.1, -0.05) is 18.2 Å². The Labute approximate surface area is 108 Å². The Kier molecular flexibility index (Phi) is 3.26. The standard InChI is InChI=1S/C15H20N2O/c1-5-17-9-8-16-14(17)15(4,18)13-7-6-11(2)12(3)10-13/h6-10,18H,5H2,1-4H3. The number of hydrogen-bond donors (Lipinski definition) is 1. The monoisotopic (exact) mass is 244 g/mol. The van der Waals surface area contributed by atoms with Gasteiger partial charge in [-0.3, -0.25) is 0 Å². The molecular weight excluding hydrogens is 224 g/mol. The van der Waals surface area contributed by atoms with Gasteiger partial charge in [-0.25, -0.2) is 4.98 Å². The molecule has 0 aliphatic heterocycles. The molecule has 1 atom stereocenters. The average Bonchev–Trinajstić information content (AvgIpc) is 2.81. The highest BCUT2D eigenvalue weighted by Crippen LogP contribution is 2.29. The zero-order chi connectivity index (χ0) is 13.3. The summed E-state index contributed by atoms with van der Waals surface area (Å²) in [5.74, 6) is 0.688. The van der Waals surface area contributed by atoms with Crippen LogP contribution in [0.25, 0.3) is 0 Å². The molecule has 0 aliphatic carbocycles. The van der Waals surface area contributed by atoms with Crippen molar-refractivity contribution in [1.29, 1.82) is 0 Å². The van der Waals surface area contributed by atoms with Crippen LogP contribution in [-0.2, 0) is 12.1 Å². The lowest BCUT2D eigenvalue weighted by Gasteiger charge is -2.25. The SMILES string of the molecule is CCn1ccnc1C(C)(O)c1ccc(C)c(C)c1. The highest BCUT2D eigenvalue weighted by molar-refractivity contribution is 5.36. The van der Waals surface area contributed by atoms with E-state index in [0.29, 0.717) is 5.82 Å². The van der Waals surface area contributed by atoms with Gasteiger partial charge in [0.1, 0.15) is 11.4 Å². The second-order valence-corrected chi connectivity index (χ2v) is 4.91. The van der Waals surface area contributed by atoms with Gasteiger partial charge in [0.2, 0.25) is 0 Å². The summed E-state index contributed by atoms with van der Waals surface area (Å²) in [5.41, 5.74) is 2.24. The van der Waals surface area contributed by atoms with E-state index < -0.39 is 5.60 Å². The second-order valence-electron chi connectivity index (χ2n) is 4.91. The molecule has 2 rings (SSSR count). The van der Waals surface area contributed by atoms with E-state index in [1.54, 1.807) is 13.1 Å². The predicted octanol–water partition coefficient (Wildman–Crippen LogP) is 2.78. The summed E-state index contributed by atoms with van der Waals surface area (Å²) in [4.78, 5) is 4.30. The number of aromatic nitrogens is 2. The van der Waals surface area contributed by atoms with Crippen molar-refractivity contribution < 1.29 is 5.11 Å². The second kappa shape index (κ2) is 4.58. The normalized spacial score (nSPS) is 14.5. The summed E-state index contributed by atoms with van der Waals surface area (Å²) in [5, 5.41) is 10.8. The van der Waals surface area contributed by atoms with E-state index >= 15 is 0 Å². The number of aryl methyl sites for hydroxylation is 3. The summed E-state index contributed by atoms with van der Waals surface area (Å²) < 4.78 is 1.97. The van der Waals surface area contributed by atoms with Crippen LogP contribution in [0.3, 0.4) is 0 Å². The summed E-state index contributed by atoms with van der Waals surface area (Å²) in [7, 11) is 0. The van der Waals surface area contributed by atoms with Crippen molar-refractivity contribution in [3.05, 3.63) is 53.1 Å². The van der Waals surface area contributed by atoms with E-state index in [2.05, 4.69) is 18.8 Å². The summed E-state index contributed by atoms with van der Waals surface area (Å²) in [6.07, 6.45) is 3.62. The van der Waals surface area contributed by atoms with Crippen LogP contribution < -0.4 is 0 Å². The van der Waals surface area contributed by atoms with Gasteiger partial charge in [0.25, 0.3) is 0 Å².